The van der Waals surface area contributed by atoms with E-state index in [4.69, 9.17) is 11.5 Å². The normalized spacial score (nSPS) is 20.4. The molecule has 0 unspecified atom stereocenters. The molecule has 8 heteroatoms. The maximum Gasteiger partial charge on any atom is 0.269 e. The van der Waals surface area contributed by atoms with Crippen LogP contribution in [-0.2, 0) is 0 Å². The van der Waals surface area contributed by atoms with Gasteiger partial charge in [0.25, 0.3) is 5.91 Å². The topological polar surface area (TPSA) is 132 Å². The van der Waals surface area contributed by atoms with E-state index < -0.39 is 5.91 Å². The smallest absolute Gasteiger partial charge is 0.269 e. The van der Waals surface area contributed by atoms with Crippen LogP contribution in [0.15, 0.2) is 30.9 Å². The Morgan fingerprint density at radius 1 is 1.25 bits per heavy atom. The molecule has 0 aromatic carbocycles. The number of hydrogen-bond acceptors (Lipinski definition) is 7. The Hall–Kier alpha value is -2.74. The van der Waals surface area contributed by atoms with E-state index >= 15 is 0 Å². The van der Waals surface area contributed by atoms with Crippen LogP contribution in [0.5, 0.6) is 0 Å². The molecule has 2 heterocycles. The van der Waals surface area contributed by atoms with E-state index in [2.05, 4.69) is 25.6 Å². The molecule has 0 radical (unpaired) electrons. The number of primary amides is 1. The van der Waals surface area contributed by atoms with E-state index in [9.17, 15) is 4.79 Å². The summed E-state index contributed by atoms with van der Waals surface area (Å²) in [6, 6.07) is 3.82. The van der Waals surface area contributed by atoms with E-state index in [1.165, 1.54) is 12.7 Å². The van der Waals surface area contributed by atoms with Crippen LogP contribution in [0, 0.1) is 0 Å². The number of carbonyl (C=O) groups is 1. The minimum atomic E-state index is -0.604. The second kappa shape index (κ2) is 7.22. The fourth-order valence-corrected chi connectivity index (χ4v) is 2.89. The van der Waals surface area contributed by atoms with Crippen molar-refractivity contribution in [2.24, 2.45) is 11.5 Å². The van der Waals surface area contributed by atoms with Crippen LogP contribution in [0.1, 0.15) is 36.2 Å². The van der Waals surface area contributed by atoms with Gasteiger partial charge in [0.05, 0.1) is 17.6 Å². The maximum atomic E-state index is 11.6. The van der Waals surface area contributed by atoms with Crippen LogP contribution in [0.3, 0.4) is 0 Å². The summed E-state index contributed by atoms with van der Waals surface area (Å²) in [6.45, 7) is 0. The average Bonchev–Trinajstić information content (AvgIpc) is 2.58. The molecule has 1 aliphatic rings. The van der Waals surface area contributed by atoms with Crippen molar-refractivity contribution in [3.63, 3.8) is 0 Å². The number of aromatic nitrogens is 3. The van der Waals surface area contributed by atoms with Gasteiger partial charge < -0.3 is 22.1 Å². The molecule has 0 spiro atoms. The lowest BCUT2D eigenvalue weighted by atomic mass is 9.91. The first-order valence-corrected chi connectivity index (χ1v) is 7.98. The monoisotopic (exact) mass is 327 g/mol. The van der Waals surface area contributed by atoms with Gasteiger partial charge in [-0.1, -0.05) is 12.8 Å². The molecule has 1 saturated carbocycles. The number of anilines is 3. The van der Waals surface area contributed by atoms with Gasteiger partial charge in [-0.2, -0.15) is 0 Å². The van der Waals surface area contributed by atoms with Crippen molar-refractivity contribution in [3.05, 3.63) is 36.5 Å². The van der Waals surface area contributed by atoms with E-state index in [0.717, 1.165) is 24.9 Å². The molecule has 126 valence electrons. The Morgan fingerprint density at radius 2 is 2.08 bits per heavy atom. The molecular formula is C16H21N7O. The fourth-order valence-electron chi connectivity index (χ4n) is 2.89. The summed E-state index contributed by atoms with van der Waals surface area (Å²) in [5.41, 5.74) is 13.0. The molecule has 3 rings (SSSR count). The third kappa shape index (κ3) is 3.77. The van der Waals surface area contributed by atoms with Gasteiger partial charge in [0.2, 0.25) is 0 Å². The second-order valence-corrected chi connectivity index (χ2v) is 5.90. The first-order valence-electron chi connectivity index (χ1n) is 7.98. The molecule has 0 bridgehead atoms. The molecule has 1 aliphatic carbocycles. The van der Waals surface area contributed by atoms with Crippen molar-refractivity contribution in [1.29, 1.82) is 0 Å². The molecule has 2 aromatic heterocycles. The second-order valence-electron chi connectivity index (χ2n) is 5.90. The first kappa shape index (κ1) is 16.1. The largest absolute Gasteiger partial charge is 0.379 e. The van der Waals surface area contributed by atoms with Crippen LogP contribution in [0.4, 0.5) is 17.2 Å². The Bertz CT molecular complexity index is 707. The standard InChI is InChI=1S/C16H21N7O/c17-11-3-1-2-4-12(11)22-10-7-13(15(16(18)24)20-8-10)23-14-5-6-19-9-21-14/h5-9,11-12,22H,1-4,17H2,(H2,18,24)(H,19,21,23)/t11-,12+/m0/s1. The average molecular weight is 327 g/mol. The van der Waals surface area contributed by atoms with Crippen LogP contribution in [-0.4, -0.2) is 32.9 Å². The van der Waals surface area contributed by atoms with Crippen LogP contribution < -0.4 is 22.1 Å². The van der Waals surface area contributed by atoms with Crippen molar-refractivity contribution in [1.82, 2.24) is 15.0 Å². The van der Waals surface area contributed by atoms with E-state index in [1.807, 2.05) is 0 Å². The molecule has 2 aromatic rings. The van der Waals surface area contributed by atoms with Crippen molar-refractivity contribution in [2.45, 2.75) is 37.8 Å². The summed E-state index contributed by atoms with van der Waals surface area (Å²) in [4.78, 5) is 23.7. The molecule has 6 N–H and O–H groups in total. The predicted molar refractivity (Wildman–Crippen MR) is 91.9 cm³/mol. The predicted octanol–water partition coefficient (Wildman–Crippen LogP) is 1.40. The summed E-state index contributed by atoms with van der Waals surface area (Å²) >= 11 is 0. The van der Waals surface area contributed by atoms with Crippen molar-refractivity contribution in [2.75, 3.05) is 10.6 Å². The lowest BCUT2D eigenvalue weighted by Crippen LogP contribution is -2.42. The van der Waals surface area contributed by atoms with Crippen molar-refractivity contribution < 1.29 is 4.79 Å². The minimum absolute atomic E-state index is 0.118. The minimum Gasteiger partial charge on any atom is -0.379 e. The molecular weight excluding hydrogens is 306 g/mol. The van der Waals surface area contributed by atoms with Crippen molar-refractivity contribution >= 4 is 23.1 Å². The molecule has 2 atom stereocenters. The first-order chi connectivity index (χ1) is 11.6. The highest BCUT2D eigenvalue weighted by Gasteiger charge is 2.22. The number of carbonyl (C=O) groups excluding carboxylic acids is 1. The number of nitrogens with two attached hydrogens (primary N) is 2. The highest BCUT2D eigenvalue weighted by molar-refractivity contribution is 5.97. The highest BCUT2D eigenvalue weighted by Crippen LogP contribution is 2.25. The number of pyridine rings is 1. The van der Waals surface area contributed by atoms with E-state index in [-0.39, 0.29) is 17.8 Å². The van der Waals surface area contributed by atoms with Gasteiger partial charge in [-0.15, -0.1) is 0 Å². The number of amides is 1. The van der Waals surface area contributed by atoms with Gasteiger partial charge in [0.1, 0.15) is 12.1 Å². The summed E-state index contributed by atoms with van der Waals surface area (Å²) < 4.78 is 0. The summed E-state index contributed by atoms with van der Waals surface area (Å²) in [5, 5.41) is 6.47. The SMILES string of the molecule is NC(=O)c1ncc(N[C@@H]2CCCC[C@@H]2N)cc1Nc1ccncn1. The van der Waals surface area contributed by atoms with Crippen LogP contribution in [0.25, 0.3) is 0 Å². The van der Waals surface area contributed by atoms with Crippen molar-refractivity contribution in [3.8, 4) is 0 Å². The highest BCUT2D eigenvalue weighted by atomic mass is 16.1. The quantitative estimate of drug-likeness (QED) is 0.652. The van der Waals surface area contributed by atoms with Gasteiger partial charge in [-0.05, 0) is 25.0 Å². The number of rotatable bonds is 5. The van der Waals surface area contributed by atoms with Gasteiger partial charge in [-0.3, -0.25) is 4.79 Å². The summed E-state index contributed by atoms with van der Waals surface area (Å²) in [5.74, 6) is -0.0479. The number of nitrogens with zero attached hydrogens (tertiary/aromatic N) is 3. The Balaban J connectivity index is 1.83. The lowest BCUT2D eigenvalue weighted by Gasteiger charge is -2.30. The zero-order valence-corrected chi connectivity index (χ0v) is 13.3. The van der Waals surface area contributed by atoms with Gasteiger partial charge in [-0.25, -0.2) is 15.0 Å². The third-order valence-electron chi connectivity index (χ3n) is 4.14. The number of nitrogens with one attached hydrogen (secondary N) is 2. The molecule has 0 aliphatic heterocycles. The van der Waals surface area contributed by atoms with Gasteiger partial charge in [0, 0.05) is 18.3 Å². The third-order valence-corrected chi connectivity index (χ3v) is 4.14. The molecule has 1 fully saturated rings. The zero-order chi connectivity index (χ0) is 16.9. The fraction of sp³-hybridized carbons (Fsp3) is 0.375. The zero-order valence-electron chi connectivity index (χ0n) is 13.3. The Labute approximate surface area is 140 Å². The molecule has 1 amide bonds. The molecule has 0 saturated heterocycles. The Morgan fingerprint density at radius 3 is 2.79 bits per heavy atom. The Kier molecular flexibility index (Phi) is 4.85. The lowest BCUT2D eigenvalue weighted by molar-refractivity contribution is 0.0996. The van der Waals surface area contributed by atoms with E-state index in [0.29, 0.717) is 11.5 Å². The number of hydrogen-bond donors (Lipinski definition) is 4. The molecule has 8 nitrogen and oxygen atoms in total. The van der Waals surface area contributed by atoms with Crippen LogP contribution >= 0.6 is 0 Å². The molecule has 24 heavy (non-hydrogen) atoms. The maximum absolute atomic E-state index is 11.6. The summed E-state index contributed by atoms with van der Waals surface area (Å²) in [6.07, 6.45) is 8.98. The van der Waals surface area contributed by atoms with Gasteiger partial charge in [0.15, 0.2) is 5.69 Å². The van der Waals surface area contributed by atoms with Gasteiger partial charge >= 0.3 is 0 Å². The van der Waals surface area contributed by atoms with Crippen LogP contribution in [0.2, 0.25) is 0 Å². The van der Waals surface area contributed by atoms with E-state index in [1.54, 1.807) is 24.5 Å². The summed E-state index contributed by atoms with van der Waals surface area (Å²) in [7, 11) is 0.